The molecular formula is C28H37N3O2. The van der Waals surface area contributed by atoms with E-state index in [2.05, 4.69) is 41.5 Å². The number of benzene rings is 2. The number of carbonyl (C=O) groups is 1. The van der Waals surface area contributed by atoms with E-state index in [0.717, 1.165) is 42.4 Å². The molecule has 4 unspecified atom stereocenters. The Morgan fingerprint density at radius 1 is 1.03 bits per heavy atom. The molecule has 1 aliphatic heterocycles. The molecule has 3 aliphatic rings. The van der Waals surface area contributed by atoms with E-state index in [1.807, 2.05) is 36.4 Å². The zero-order valence-corrected chi connectivity index (χ0v) is 19.9. The van der Waals surface area contributed by atoms with Gasteiger partial charge in [-0.2, -0.15) is 0 Å². The Hall–Kier alpha value is -2.53. The van der Waals surface area contributed by atoms with E-state index in [4.69, 9.17) is 4.74 Å². The molecule has 2 aromatic carbocycles. The Balaban J connectivity index is 1.11. The Kier molecular flexibility index (Phi) is 6.59. The van der Waals surface area contributed by atoms with Crippen LogP contribution in [-0.2, 0) is 0 Å². The summed E-state index contributed by atoms with van der Waals surface area (Å²) in [5.41, 5.74) is 2.68. The van der Waals surface area contributed by atoms with Crippen LogP contribution < -0.4 is 20.3 Å². The van der Waals surface area contributed by atoms with Crippen LogP contribution in [0.5, 0.6) is 5.75 Å². The highest BCUT2D eigenvalue weighted by Gasteiger charge is 2.40. The van der Waals surface area contributed by atoms with E-state index < -0.39 is 0 Å². The van der Waals surface area contributed by atoms with Crippen LogP contribution in [0.25, 0.3) is 0 Å². The first-order chi connectivity index (χ1) is 16.0. The van der Waals surface area contributed by atoms with Crippen LogP contribution in [0.4, 0.5) is 11.4 Å². The standard InChI is InChI=1S/C28H37N3O2/c1-19(2)18-33-26-11-5-21(6-12-26)28(32)30-23-7-9-25(10-8-23)31-14-13-24(17-31)29-27-16-20-3-4-22(27)15-20/h5-12,19-20,22,24,27,29H,3-4,13-18H2,1-2H3,(H,30,32). The molecule has 5 nitrogen and oxygen atoms in total. The first-order valence-electron chi connectivity index (χ1n) is 12.7. The molecular weight excluding hydrogens is 410 g/mol. The number of hydrogen-bond acceptors (Lipinski definition) is 4. The Morgan fingerprint density at radius 3 is 2.48 bits per heavy atom. The molecule has 4 atom stereocenters. The Morgan fingerprint density at radius 2 is 1.82 bits per heavy atom. The lowest BCUT2D eigenvalue weighted by Gasteiger charge is -2.27. The third-order valence-electron chi connectivity index (χ3n) is 7.57. The molecule has 1 amide bonds. The van der Waals surface area contributed by atoms with Crippen LogP contribution in [0.3, 0.4) is 0 Å². The molecule has 3 fully saturated rings. The third kappa shape index (κ3) is 5.35. The molecule has 33 heavy (non-hydrogen) atoms. The Labute approximate surface area is 197 Å². The van der Waals surface area contributed by atoms with Crippen molar-refractivity contribution in [1.82, 2.24) is 5.32 Å². The van der Waals surface area contributed by atoms with Crippen molar-refractivity contribution >= 4 is 17.3 Å². The summed E-state index contributed by atoms with van der Waals surface area (Å²) in [6.45, 7) is 7.07. The summed E-state index contributed by atoms with van der Waals surface area (Å²) in [5, 5.41) is 6.98. The van der Waals surface area contributed by atoms with Crippen molar-refractivity contribution in [2.24, 2.45) is 17.8 Å². The van der Waals surface area contributed by atoms with Crippen molar-refractivity contribution in [3.05, 3.63) is 54.1 Å². The summed E-state index contributed by atoms with van der Waals surface area (Å²) < 4.78 is 5.70. The van der Waals surface area contributed by atoms with Crippen LogP contribution in [0.15, 0.2) is 48.5 Å². The molecule has 0 aromatic heterocycles. The second-order valence-corrected chi connectivity index (χ2v) is 10.6. The number of hydrogen-bond donors (Lipinski definition) is 2. The van der Waals surface area contributed by atoms with Crippen molar-refractivity contribution in [1.29, 1.82) is 0 Å². The average Bonchev–Trinajstić information content (AvgIpc) is 3.56. The predicted molar refractivity (Wildman–Crippen MR) is 134 cm³/mol. The fourth-order valence-electron chi connectivity index (χ4n) is 5.81. The lowest BCUT2D eigenvalue weighted by Crippen LogP contribution is -2.42. The molecule has 1 saturated heterocycles. The van der Waals surface area contributed by atoms with Crippen LogP contribution in [0.2, 0.25) is 0 Å². The van der Waals surface area contributed by atoms with E-state index >= 15 is 0 Å². The second kappa shape index (κ2) is 9.76. The summed E-state index contributed by atoms with van der Waals surface area (Å²) >= 11 is 0. The number of anilines is 2. The maximum atomic E-state index is 12.6. The number of nitrogens with zero attached hydrogens (tertiary/aromatic N) is 1. The summed E-state index contributed by atoms with van der Waals surface area (Å²) in [6.07, 6.45) is 6.95. The van der Waals surface area contributed by atoms with Crippen molar-refractivity contribution < 1.29 is 9.53 Å². The van der Waals surface area contributed by atoms with Gasteiger partial charge in [-0.3, -0.25) is 4.79 Å². The third-order valence-corrected chi connectivity index (χ3v) is 7.57. The zero-order valence-electron chi connectivity index (χ0n) is 19.9. The molecule has 5 heteroatoms. The normalized spacial score (nSPS) is 26.2. The van der Waals surface area contributed by atoms with Gasteiger partial charge < -0.3 is 20.3 Å². The van der Waals surface area contributed by atoms with Crippen molar-refractivity contribution in [3.63, 3.8) is 0 Å². The fraction of sp³-hybridized carbons (Fsp3) is 0.536. The SMILES string of the molecule is CC(C)COc1ccc(C(=O)Nc2ccc(N3CCC(NC4CC5CCC4C5)C3)cc2)cc1. The topological polar surface area (TPSA) is 53.6 Å². The predicted octanol–water partition coefficient (Wildman–Crippen LogP) is 5.33. The molecule has 2 N–H and O–H groups in total. The minimum Gasteiger partial charge on any atom is -0.493 e. The van der Waals surface area contributed by atoms with E-state index in [1.165, 1.54) is 37.8 Å². The van der Waals surface area contributed by atoms with Gasteiger partial charge in [0.15, 0.2) is 0 Å². The van der Waals surface area contributed by atoms with Gasteiger partial charge in [0.1, 0.15) is 5.75 Å². The second-order valence-electron chi connectivity index (χ2n) is 10.6. The molecule has 1 heterocycles. The Bertz CT molecular complexity index is 941. The number of fused-ring (bicyclic) bond motifs is 2. The first-order valence-corrected chi connectivity index (χ1v) is 12.7. The van der Waals surface area contributed by atoms with Crippen LogP contribution >= 0.6 is 0 Å². The van der Waals surface area contributed by atoms with E-state index in [1.54, 1.807) is 0 Å². The number of amides is 1. The van der Waals surface area contributed by atoms with Gasteiger partial charge in [-0.25, -0.2) is 0 Å². The number of nitrogens with one attached hydrogen (secondary N) is 2. The van der Waals surface area contributed by atoms with Gasteiger partial charge >= 0.3 is 0 Å². The highest BCUT2D eigenvalue weighted by molar-refractivity contribution is 6.04. The maximum absolute atomic E-state index is 12.6. The van der Waals surface area contributed by atoms with Crippen LogP contribution in [0, 0.1) is 17.8 Å². The zero-order chi connectivity index (χ0) is 22.8. The molecule has 2 bridgehead atoms. The maximum Gasteiger partial charge on any atom is 0.255 e. The first kappa shape index (κ1) is 22.3. The number of carbonyl (C=O) groups excluding carboxylic acids is 1. The number of ether oxygens (including phenoxy) is 1. The molecule has 5 rings (SSSR count). The highest BCUT2D eigenvalue weighted by atomic mass is 16.5. The monoisotopic (exact) mass is 447 g/mol. The molecule has 0 radical (unpaired) electrons. The quantitative estimate of drug-likeness (QED) is 0.574. The number of rotatable bonds is 8. The van der Waals surface area contributed by atoms with E-state index in [-0.39, 0.29) is 5.91 Å². The van der Waals surface area contributed by atoms with Gasteiger partial charge in [0.05, 0.1) is 6.61 Å². The molecule has 176 valence electrons. The largest absolute Gasteiger partial charge is 0.493 e. The van der Waals surface area contributed by atoms with Crippen molar-refractivity contribution in [2.45, 2.75) is 58.0 Å². The lowest BCUT2D eigenvalue weighted by atomic mass is 9.94. The fourth-order valence-corrected chi connectivity index (χ4v) is 5.81. The summed E-state index contributed by atoms with van der Waals surface area (Å²) in [4.78, 5) is 15.1. The summed E-state index contributed by atoms with van der Waals surface area (Å²) in [6, 6.07) is 16.9. The van der Waals surface area contributed by atoms with E-state index in [9.17, 15) is 4.79 Å². The van der Waals surface area contributed by atoms with Gasteiger partial charge in [0.2, 0.25) is 0 Å². The summed E-state index contributed by atoms with van der Waals surface area (Å²) in [5.74, 6) is 3.08. The summed E-state index contributed by atoms with van der Waals surface area (Å²) in [7, 11) is 0. The molecule has 2 saturated carbocycles. The van der Waals surface area contributed by atoms with Crippen LogP contribution in [0.1, 0.15) is 56.3 Å². The van der Waals surface area contributed by atoms with E-state index in [0.29, 0.717) is 24.1 Å². The average molecular weight is 448 g/mol. The van der Waals surface area contributed by atoms with Crippen molar-refractivity contribution in [2.75, 3.05) is 29.9 Å². The smallest absolute Gasteiger partial charge is 0.255 e. The van der Waals surface area contributed by atoms with Gasteiger partial charge in [-0.15, -0.1) is 0 Å². The lowest BCUT2D eigenvalue weighted by molar-refractivity contribution is 0.102. The molecule has 2 aliphatic carbocycles. The minimum atomic E-state index is -0.102. The van der Waals surface area contributed by atoms with Gasteiger partial charge in [0, 0.05) is 42.1 Å². The molecule has 0 spiro atoms. The van der Waals surface area contributed by atoms with Gasteiger partial charge in [-0.1, -0.05) is 20.3 Å². The minimum absolute atomic E-state index is 0.102. The van der Waals surface area contributed by atoms with Gasteiger partial charge in [-0.05, 0) is 92.0 Å². The highest BCUT2D eigenvalue weighted by Crippen LogP contribution is 2.44. The van der Waals surface area contributed by atoms with Gasteiger partial charge in [0.25, 0.3) is 5.91 Å². The van der Waals surface area contributed by atoms with Crippen molar-refractivity contribution in [3.8, 4) is 5.75 Å². The van der Waals surface area contributed by atoms with Crippen LogP contribution in [-0.4, -0.2) is 37.7 Å². The molecule has 2 aromatic rings.